The van der Waals surface area contributed by atoms with Crippen LogP contribution in [0.3, 0.4) is 0 Å². The van der Waals surface area contributed by atoms with Gasteiger partial charge in [0.05, 0.1) is 0 Å². The standard InChI is InChI=1S/C10H12IN.ClH/c11-9-5-3-8(4-6-9)10-2-1-7-12-10;/h3-6,10,12H,1-2,7H2;1H/t10-;/m0./s1. The molecule has 72 valence electrons. The first-order chi connectivity index (χ1) is 5.86. The summed E-state index contributed by atoms with van der Waals surface area (Å²) in [5.41, 5.74) is 1.44. The molecule has 1 fully saturated rings. The van der Waals surface area contributed by atoms with Gasteiger partial charge in [-0.15, -0.1) is 12.4 Å². The Morgan fingerprint density at radius 3 is 2.46 bits per heavy atom. The van der Waals surface area contributed by atoms with Crippen LogP contribution < -0.4 is 5.32 Å². The van der Waals surface area contributed by atoms with Gasteiger partial charge in [-0.25, -0.2) is 0 Å². The third-order valence-corrected chi connectivity index (χ3v) is 3.05. The van der Waals surface area contributed by atoms with Crippen molar-refractivity contribution in [1.82, 2.24) is 5.32 Å². The summed E-state index contributed by atoms with van der Waals surface area (Å²) < 4.78 is 1.31. The van der Waals surface area contributed by atoms with E-state index in [0.717, 1.165) is 0 Å². The monoisotopic (exact) mass is 309 g/mol. The summed E-state index contributed by atoms with van der Waals surface area (Å²) in [4.78, 5) is 0. The highest BCUT2D eigenvalue weighted by Gasteiger charge is 2.15. The zero-order chi connectivity index (χ0) is 8.39. The van der Waals surface area contributed by atoms with Crippen molar-refractivity contribution >= 4 is 35.0 Å². The van der Waals surface area contributed by atoms with Crippen molar-refractivity contribution in [3.8, 4) is 0 Å². The zero-order valence-electron chi connectivity index (χ0n) is 7.29. The van der Waals surface area contributed by atoms with E-state index >= 15 is 0 Å². The van der Waals surface area contributed by atoms with Crippen LogP contribution in [0.5, 0.6) is 0 Å². The molecule has 1 aromatic carbocycles. The first kappa shape index (κ1) is 11.3. The van der Waals surface area contributed by atoms with E-state index in [4.69, 9.17) is 0 Å². The van der Waals surface area contributed by atoms with Gasteiger partial charge in [0, 0.05) is 9.61 Å². The lowest BCUT2D eigenvalue weighted by atomic mass is 10.1. The molecule has 1 heterocycles. The van der Waals surface area contributed by atoms with Crippen molar-refractivity contribution in [2.24, 2.45) is 0 Å². The summed E-state index contributed by atoms with van der Waals surface area (Å²) in [5, 5.41) is 3.49. The minimum absolute atomic E-state index is 0. The third-order valence-electron chi connectivity index (χ3n) is 2.33. The summed E-state index contributed by atoms with van der Waals surface area (Å²) in [6.07, 6.45) is 2.61. The van der Waals surface area contributed by atoms with Gasteiger partial charge in [0.25, 0.3) is 0 Å². The Balaban J connectivity index is 0.000000845. The summed E-state index contributed by atoms with van der Waals surface area (Å²) in [7, 11) is 0. The quantitative estimate of drug-likeness (QED) is 0.786. The van der Waals surface area contributed by atoms with Crippen LogP contribution in [0.15, 0.2) is 24.3 Å². The molecule has 1 aliphatic heterocycles. The van der Waals surface area contributed by atoms with E-state index < -0.39 is 0 Å². The zero-order valence-corrected chi connectivity index (χ0v) is 10.3. The van der Waals surface area contributed by atoms with E-state index in [1.807, 2.05) is 0 Å². The van der Waals surface area contributed by atoms with E-state index in [9.17, 15) is 0 Å². The molecule has 0 unspecified atom stereocenters. The van der Waals surface area contributed by atoms with Crippen molar-refractivity contribution in [3.63, 3.8) is 0 Å². The van der Waals surface area contributed by atoms with Gasteiger partial charge >= 0.3 is 0 Å². The van der Waals surface area contributed by atoms with Crippen LogP contribution in [0.4, 0.5) is 0 Å². The molecule has 1 aliphatic rings. The SMILES string of the molecule is Cl.Ic1ccc([C@@H]2CCCN2)cc1. The molecule has 1 saturated heterocycles. The Labute approximate surface area is 98.9 Å². The van der Waals surface area contributed by atoms with E-state index in [2.05, 4.69) is 52.2 Å². The maximum atomic E-state index is 3.49. The molecule has 0 radical (unpaired) electrons. The molecule has 1 N–H and O–H groups in total. The third kappa shape index (κ3) is 2.82. The maximum Gasteiger partial charge on any atom is 0.0320 e. The minimum Gasteiger partial charge on any atom is -0.310 e. The molecule has 0 bridgehead atoms. The first-order valence-electron chi connectivity index (χ1n) is 4.35. The van der Waals surface area contributed by atoms with Gasteiger partial charge in [0.1, 0.15) is 0 Å². The van der Waals surface area contributed by atoms with E-state index in [1.54, 1.807) is 0 Å². The molecular formula is C10H13ClIN. The van der Waals surface area contributed by atoms with Gasteiger partial charge in [-0.05, 0) is 59.7 Å². The molecule has 1 atom stereocenters. The first-order valence-corrected chi connectivity index (χ1v) is 5.43. The second-order valence-corrected chi connectivity index (χ2v) is 4.45. The van der Waals surface area contributed by atoms with Gasteiger partial charge in [0.15, 0.2) is 0 Å². The van der Waals surface area contributed by atoms with Crippen LogP contribution in [-0.2, 0) is 0 Å². The average Bonchev–Trinajstić information content (AvgIpc) is 2.58. The van der Waals surface area contributed by atoms with Crippen molar-refractivity contribution in [1.29, 1.82) is 0 Å². The largest absolute Gasteiger partial charge is 0.310 e. The highest BCUT2D eigenvalue weighted by atomic mass is 127. The van der Waals surface area contributed by atoms with Crippen molar-refractivity contribution in [2.45, 2.75) is 18.9 Å². The second-order valence-electron chi connectivity index (χ2n) is 3.20. The second kappa shape index (κ2) is 5.17. The van der Waals surface area contributed by atoms with Gasteiger partial charge in [-0.2, -0.15) is 0 Å². The lowest BCUT2D eigenvalue weighted by molar-refractivity contribution is 0.647. The molecule has 0 amide bonds. The van der Waals surface area contributed by atoms with Crippen LogP contribution in [0, 0.1) is 3.57 Å². The molecule has 1 aromatic rings. The summed E-state index contributed by atoms with van der Waals surface area (Å²) in [6, 6.07) is 9.42. The molecule has 3 heteroatoms. The Bertz CT molecular complexity index is 254. The summed E-state index contributed by atoms with van der Waals surface area (Å²) in [6.45, 7) is 1.18. The lowest BCUT2D eigenvalue weighted by Gasteiger charge is -2.09. The predicted molar refractivity (Wildman–Crippen MR) is 66.4 cm³/mol. The smallest absolute Gasteiger partial charge is 0.0320 e. The van der Waals surface area contributed by atoms with Crippen LogP contribution in [0.2, 0.25) is 0 Å². The molecule has 0 saturated carbocycles. The Morgan fingerprint density at radius 1 is 1.23 bits per heavy atom. The number of rotatable bonds is 1. The molecule has 0 aliphatic carbocycles. The molecule has 1 nitrogen and oxygen atoms in total. The Hall–Kier alpha value is 0.200. The van der Waals surface area contributed by atoms with Crippen molar-refractivity contribution in [3.05, 3.63) is 33.4 Å². The molecule has 13 heavy (non-hydrogen) atoms. The topological polar surface area (TPSA) is 12.0 Å². The van der Waals surface area contributed by atoms with Gasteiger partial charge in [0.2, 0.25) is 0 Å². The fourth-order valence-electron chi connectivity index (χ4n) is 1.66. The Morgan fingerprint density at radius 2 is 1.92 bits per heavy atom. The van der Waals surface area contributed by atoms with Crippen LogP contribution in [0.1, 0.15) is 24.4 Å². The number of halogens is 2. The van der Waals surface area contributed by atoms with E-state index in [1.165, 1.54) is 28.5 Å². The molecule has 2 rings (SSSR count). The van der Waals surface area contributed by atoms with E-state index in [0.29, 0.717) is 6.04 Å². The van der Waals surface area contributed by atoms with Crippen LogP contribution in [0.25, 0.3) is 0 Å². The van der Waals surface area contributed by atoms with Crippen LogP contribution >= 0.6 is 35.0 Å². The van der Waals surface area contributed by atoms with Gasteiger partial charge in [-0.1, -0.05) is 12.1 Å². The number of hydrogen-bond acceptors (Lipinski definition) is 1. The predicted octanol–water partition coefficient (Wildman–Crippen LogP) is 3.14. The molecule has 0 spiro atoms. The Kier molecular flexibility index (Phi) is 4.49. The number of benzene rings is 1. The average molecular weight is 310 g/mol. The molecular weight excluding hydrogens is 296 g/mol. The fourth-order valence-corrected chi connectivity index (χ4v) is 2.02. The van der Waals surface area contributed by atoms with Crippen molar-refractivity contribution in [2.75, 3.05) is 6.54 Å². The van der Waals surface area contributed by atoms with Crippen molar-refractivity contribution < 1.29 is 0 Å². The minimum atomic E-state index is 0. The normalized spacial score (nSPS) is 21.2. The van der Waals surface area contributed by atoms with Gasteiger partial charge in [-0.3, -0.25) is 0 Å². The highest BCUT2D eigenvalue weighted by Crippen LogP contribution is 2.23. The molecule has 0 aromatic heterocycles. The maximum absolute atomic E-state index is 3.49. The van der Waals surface area contributed by atoms with E-state index in [-0.39, 0.29) is 12.4 Å². The summed E-state index contributed by atoms with van der Waals surface area (Å²) in [5.74, 6) is 0. The highest BCUT2D eigenvalue weighted by molar-refractivity contribution is 14.1. The summed E-state index contributed by atoms with van der Waals surface area (Å²) >= 11 is 2.34. The lowest BCUT2D eigenvalue weighted by Crippen LogP contribution is -2.12. The number of hydrogen-bond donors (Lipinski definition) is 1. The van der Waals surface area contributed by atoms with Crippen LogP contribution in [-0.4, -0.2) is 6.54 Å². The number of nitrogens with one attached hydrogen (secondary N) is 1. The fraction of sp³-hybridized carbons (Fsp3) is 0.400. The van der Waals surface area contributed by atoms with Gasteiger partial charge < -0.3 is 5.32 Å².